The van der Waals surface area contributed by atoms with E-state index in [-0.39, 0.29) is 17.9 Å². The van der Waals surface area contributed by atoms with E-state index in [0.29, 0.717) is 22.9 Å². The quantitative estimate of drug-likeness (QED) is 0.898. The lowest BCUT2D eigenvalue weighted by atomic mass is 9.86. The predicted octanol–water partition coefficient (Wildman–Crippen LogP) is 2.63. The van der Waals surface area contributed by atoms with Crippen molar-refractivity contribution in [1.82, 2.24) is 5.32 Å². The van der Waals surface area contributed by atoms with Crippen molar-refractivity contribution in [1.29, 1.82) is 0 Å². The number of carbonyl (C=O) groups excluding carboxylic acids is 1. The molecular formula is C15H20ClNO3. The van der Waals surface area contributed by atoms with Gasteiger partial charge in [0.2, 0.25) is 0 Å². The van der Waals surface area contributed by atoms with Crippen LogP contribution in [0.25, 0.3) is 0 Å². The summed E-state index contributed by atoms with van der Waals surface area (Å²) in [5, 5.41) is 13.3. The number of hydrogen-bond acceptors (Lipinski definition) is 3. The van der Waals surface area contributed by atoms with Gasteiger partial charge in [0.15, 0.2) is 0 Å². The van der Waals surface area contributed by atoms with Crippen LogP contribution in [-0.4, -0.2) is 30.8 Å². The van der Waals surface area contributed by atoms with Crippen molar-refractivity contribution in [2.75, 3.05) is 13.7 Å². The molecule has 0 radical (unpaired) electrons. The highest BCUT2D eigenvalue weighted by molar-refractivity contribution is 6.30. The van der Waals surface area contributed by atoms with Crippen molar-refractivity contribution in [3.05, 3.63) is 28.8 Å². The Morgan fingerprint density at radius 3 is 2.90 bits per heavy atom. The van der Waals surface area contributed by atoms with Crippen LogP contribution in [0.1, 0.15) is 36.0 Å². The smallest absolute Gasteiger partial charge is 0.255 e. The highest BCUT2D eigenvalue weighted by Crippen LogP contribution is 2.25. The molecule has 1 saturated carbocycles. The molecule has 1 amide bonds. The number of ether oxygens (including phenoxy) is 1. The van der Waals surface area contributed by atoms with Crippen LogP contribution in [0.3, 0.4) is 0 Å². The second kappa shape index (κ2) is 6.95. The third-order valence-electron chi connectivity index (χ3n) is 3.80. The molecule has 5 heteroatoms. The molecule has 1 aliphatic carbocycles. The fraction of sp³-hybridized carbons (Fsp3) is 0.533. The topological polar surface area (TPSA) is 58.6 Å². The van der Waals surface area contributed by atoms with Crippen LogP contribution in [0.5, 0.6) is 5.75 Å². The van der Waals surface area contributed by atoms with Gasteiger partial charge in [-0.05, 0) is 31.0 Å². The second-order valence-electron chi connectivity index (χ2n) is 5.17. The van der Waals surface area contributed by atoms with Crippen LogP contribution in [-0.2, 0) is 0 Å². The van der Waals surface area contributed by atoms with Gasteiger partial charge in [-0.15, -0.1) is 0 Å². The monoisotopic (exact) mass is 297 g/mol. The molecule has 0 aliphatic heterocycles. The van der Waals surface area contributed by atoms with Gasteiger partial charge in [-0.25, -0.2) is 0 Å². The van der Waals surface area contributed by atoms with Gasteiger partial charge in [0.1, 0.15) is 5.75 Å². The van der Waals surface area contributed by atoms with Crippen LogP contribution >= 0.6 is 11.6 Å². The first-order valence-electron chi connectivity index (χ1n) is 6.91. The van der Waals surface area contributed by atoms with Gasteiger partial charge in [0.25, 0.3) is 5.91 Å². The predicted molar refractivity (Wildman–Crippen MR) is 78.3 cm³/mol. The van der Waals surface area contributed by atoms with E-state index in [1.807, 2.05) is 0 Å². The average molecular weight is 298 g/mol. The number of amides is 1. The molecule has 2 N–H and O–H groups in total. The summed E-state index contributed by atoms with van der Waals surface area (Å²) in [5.74, 6) is 0.404. The largest absolute Gasteiger partial charge is 0.496 e. The Morgan fingerprint density at radius 1 is 1.45 bits per heavy atom. The van der Waals surface area contributed by atoms with E-state index in [2.05, 4.69) is 5.32 Å². The van der Waals surface area contributed by atoms with Gasteiger partial charge in [0.05, 0.1) is 18.8 Å². The minimum Gasteiger partial charge on any atom is -0.496 e. The number of carbonyl (C=O) groups is 1. The zero-order valence-corrected chi connectivity index (χ0v) is 12.3. The molecule has 2 atom stereocenters. The summed E-state index contributed by atoms with van der Waals surface area (Å²) < 4.78 is 5.17. The Kier molecular flexibility index (Phi) is 5.26. The van der Waals surface area contributed by atoms with Crippen LogP contribution in [0.4, 0.5) is 0 Å². The Balaban J connectivity index is 1.98. The molecule has 2 rings (SSSR count). The highest BCUT2D eigenvalue weighted by Gasteiger charge is 2.24. The van der Waals surface area contributed by atoms with Gasteiger partial charge in [-0.3, -0.25) is 4.79 Å². The maximum Gasteiger partial charge on any atom is 0.255 e. The Labute approximate surface area is 124 Å². The summed E-state index contributed by atoms with van der Waals surface area (Å²) in [6.45, 7) is 0.492. The number of hydrogen-bond donors (Lipinski definition) is 2. The number of rotatable bonds is 4. The Hall–Kier alpha value is -1.26. The highest BCUT2D eigenvalue weighted by atomic mass is 35.5. The molecule has 1 fully saturated rings. The first-order chi connectivity index (χ1) is 9.61. The minimum absolute atomic E-state index is 0.144. The van der Waals surface area contributed by atoms with E-state index in [9.17, 15) is 9.90 Å². The third kappa shape index (κ3) is 3.64. The lowest BCUT2D eigenvalue weighted by molar-refractivity contribution is 0.0662. The lowest BCUT2D eigenvalue weighted by Crippen LogP contribution is -2.36. The molecule has 0 spiro atoms. The van der Waals surface area contributed by atoms with E-state index < -0.39 is 0 Å². The lowest BCUT2D eigenvalue weighted by Gasteiger charge is -2.27. The first-order valence-corrected chi connectivity index (χ1v) is 7.29. The van der Waals surface area contributed by atoms with E-state index in [0.717, 1.165) is 25.7 Å². The summed E-state index contributed by atoms with van der Waals surface area (Å²) in [4.78, 5) is 12.2. The van der Waals surface area contributed by atoms with Crippen LogP contribution in [0.2, 0.25) is 5.02 Å². The summed E-state index contributed by atoms with van der Waals surface area (Å²) in [5.41, 5.74) is 0.460. The van der Waals surface area contributed by atoms with Crippen molar-refractivity contribution in [2.24, 2.45) is 5.92 Å². The molecule has 1 aromatic rings. The third-order valence-corrected chi connectivity index (χ3v) is 4.04. The van der Waals surface area contributed by atoms with Crippen molar-refractivity contribution >= 4 is 17.5 Å². The zero-order valence-electron chi connectivity index (χ0n) is 11.6. The van der Waals surface area contributed by atoms with E-state index in [4.69, 9.17) is 16.3 Å². The molecule has 0 aromatic heterocycles. The van der Waals surface area contributed by atoms with Gasteiger partial charge >= 0.3 is 0 Å². The molecule has 20 heavy (non-hydrogen) atoms. The van der Waals surface area contributed by atoms with Crippen molar-refractivity contribution < 1.29 is 14.6 Å². The summed E-state index contributed by atoms with van der Waals surface area (Å²) in [7, 11) is 1.51. The molecule has 0 bridgehead atoms. The standard InChI is InChI=1S/C15H20ClNO3/c1-20-14-8-11(16)6-7-12(14)15(19)17-9-10-4-2-3-5-13(10)18/h6-8,10,13,18H,2-5,9H2,1H3,(H,17,19). The number of nitrogens with one attached hydrogen (secondary N) is 1. The Morgan fingerprint density at radius 2 is 2.20 bits per heavy atom. The number of methoxy groups -OCH3 is 1. The molecule has 110 valence electrons. The van der Waals surface area contributed by atoms with Crippen LogP contribution in [0.15, 0.2) is 18.2 Å². The normalized spacial score (nSPS) is 22.4. The van der Waals surface area contributed by atoms with E-state index in [1.54, 1.807) is 18.2 Å². The van der Waals surface area contributed by atoms with Crippen molar-refractivity contribution in [3.63, 3.8) is 0 Å². The molecule has 1 aliphatic rings. The number of halogens is 1. The SMILES string of the molecule is COc1cc(Cl)ccc1C(=O)NCC1CCCCC1O. The van der Waals surface area contributed by atoms with E-state index >= 15 is 0 Å². The zero-order chi connectivity index (χ0) is 14.5. The minimum atomic E-state index is -0.309. The molecule has 1 aromatic carbocycles. The second-order valence-corrected chi connectivity index (χ2v) is 5.60. The molecule has 4 nitrogen and oxygen atoms in total. The summed E-state index contributed by atoms with van der Waals surface area (Å²) in [6.07, 6.45) is 3.65. The average Bonchev–Trinajstić information content (AvgIpc) is 2.46. The maximum atomic E-state index is 12.2. The first kappa shape index (κ1) is 15.1. The maximum absolute atomic E-state index is 12.2. The number of benzene rings is 1. The Bertz CT molecular complexity index is 478. The summed E-state index contributed by atoms with van der Waals surface area (Å²) >= 11 is 5.87. The van der Waals surface area contributed by atoms with Crippen molar-refractivity contribution in [3.8, 4) is 5.75 Å². The van der Waals surface area contributed by atoms with Crippen LogP contribution in [0, 0.1) is 5.92 Å². The number of aliphatic hydroxyl groups is 1. The van der Waals surface area contributed by atoms with Gasteiger partial charge < -0.3 is 15.2 Å². The van der Waals surface area contributed by atoms with E-state index in [1.165, 1.54) is 7.11 Å². The molecular weight excluding hydrogens is 278 g/mol. The number of aliphatic hydroxyl groups excluding tert-OH is 1. The fourth-order valence-electron chi connectivity index (χ4n) is 2.60. The van der Waals surface area contributed by atoms with Crippen molar-refractivity contribution in [2.45, 2.75) is 31.8 Å². The van der Waals surface area contributed by atoms with Gasteiger partial charge in [0, 0.05) is 17.5 Å². The fourth-order valence-corrected chi connectivity index (χ4v) is 2.76. The molecule has 0 heterocycles. The molecule has 2 unspecified atom stereocenters. The van der Waals surface area contributed by atoms with Gasteiger partial charge in [-0.1, -0.05) is 24.4 Å². The van der Waals surface area contributed by atoms with Gasteiger partial charge in [-0.2, -0.15) is 0 Å². The summed E-state index contributed by atoms with van der Waals surface area (Å²) in [6, 6.07) is 4.92. The van der Waals surface area contributed by atoms with Crippen LogP contribution < -0.4 is 10.1 Å². The molecule has 0 saturated heterocycles.